The summed E-state index contributed by atoms with van der Waals surface area (Å²) < 4.78 is 0. The number of carbonyl (C=O) groups is 1. The van der Waals surface area contributed by atoms with Crippen LogP contribution in [0.4, 0.5) is 0 Å². The summed E-state index contributed by atoms with van der Waals surface area (Å²) in [6, 6.07) is 8.27. The first-order chi connectivity index (χ1) is 7.58. The van der Waals surface area contributed by atoms with Crippen molar-refractivity contribution in [2.45, 2.75) is 18.9 Å². The molecular formula is C13H17NO2. The number of hydrogen-bond donors (Lipinski definition) is 1. The van der Waals surface area contributed by atoms with Gasteiger partial charge in [-0.2, -0.15) is 0 Å². The molecule has 1 saturated carbocycles. The van der Waals surface area contributed by atoms with Crippen LogP contribution in [0.3, 0.4) is 0 Å². The van der Waals surface area contributed by atoms with Gasteiger partial charge in [0.1, 0.15) is 0 Å². The Morgan fingerprint density at radius 2 is 2.25 bits per heavy atom. The van der Waals surface area contributed by atoms with E-state index in [1.54, 1.807) is 0 Å². The highest BCUT2D eigenvalue weighted by Gasteiger charge is 2.44. The molecule has 16 heavy (non-hydrogen) atoms. The summed E-state index contributed by atoms with van der Waals surface area (Å²) in [4.78, 5) is 12.9. The zero-order chi connectivity index (χ0) is 11.7. The molecule has 2 atom stereocenters. The lowest BCUT2D eigenvalue weighted by Crippen LogP contribution is -2.10. The summed E-state index contributed by atoms with van der Waals surface area (Å²) in [7, 11) is 4.06. The van der Waals surface area contributed by atoms with Gasteiger partial charge in [-0.25, -0.2) is 0 Å². The molecule has 86 valence electrons. The second-order valence-corrected chi connectivity index (χ2v) is 4.77. The predicted molar refractivity (Wildman–Crippen MR) is 62.3 cm³/mol. The van der Waals surface area contributed by atoms with Crippen molar-refractivity contribution in [3.63, 3.8) is 0 Å². The summed E-state index contributed by atoms with van der Waals surface area (Å²) in [5.74, 6) is -0.586. The molecule has 1 aliphatic carbocycles. The molecule has 0 spiro atoms. The molecule has 0 radical (unpaired) electrons. The van der Waals surface area contributed by atoms with Crippen LogP contribution < -0.4 is 0 Å². The van der Waals surface area contributed by atoms with Gasteiger partial charge >= 0.3 is 5.97 Å². The lowest BCUT2D eigenvalue weighted by molar-refractivity contribution is -0.138. The predicted octanol–water partition coefficient (Wildman–Crippen LogP) is 1.94. The third-order valence-electron chi connectivity index (χ3n) is 2.99. The molecule has 0 aromatic heterocycles. The van der Waals surface area contributed by atoms with E-state index in [-0.39, 0.29) is 11.8 Å². The first-order valence-corrected chi connectivity index (χ1v) is 5.54. The quantitative estimate of drug-likeness (QED) is 0.841. The van der Waals surface area contributed by atoms with Gasteiger partial charge in [-0.05, 0) is 37.6 Å². The molecular weight excluding hydrogens is 202 g/mol. The monoisotopic (exact) mass is 219 g/mol. The van der Waals surface area contributed by atoms with Crippen LogP contribution in [0.1, 0.15) is 23.5 Å². The molecule has 0 saturated heterocycles. The number of carboxylic acids is 1. The molecule has 1 aromatic carbocycles. The maximum Gasteiger partial charge on any atom is 0.307 e. The summed E-state index contributed by atoms with van der Waals surface area (Å²) in [6.07, 6.45) is 0.792. The molecule has 2 unspecified atom stereocenters. The minimum Gasteiger partial charge on any atom is -0.481 e. The molecule has 3 nitrogen and oxygen atoms in total. The summed E-state index contributed by atoms with van der Waals surface area (Å²) in [5, 5.41) is 8.89. The van der Waals surface area contributed by atoms with Crippen LogP contribution in [-0.2, 0) is 11.3 Å². The molecule has 0 bridgehead atoms. The van der Waals surface area contributed by atoms with Crippen molar-refractivity contribution in [1.82, 2.24) is 4.90 Å². The highest BCUT2D eigenvalue weighted by atomic mass is 16.4. The highest BCUT2D eigenvalue weighted by molar-refractivity contribution is 5.75. The third-order valence-corrected chi connectivity index (χ3v) is 2.99. The number of benzene rings is 1. The number of hydrogen-bond acceptors (Lipinski definition) is 2. The van der Waals surface area contributed by atoms with Crippen molar-refractivity contribution in [2.24, 2.45) is 5.92 Å². The zero-order valence-corrected chi connectivity index (χ0v) is 9.68. The maximum absolute atomic E-state index is 10.8. The Hall–Kier alpha value is -1.35. The number of rotatable bonds is 4. The van der Waals surface area contributed by atoms with E-state index in [9.17, 15) is 4.79 Å². The second kappa shape index (κ2) is 4.26. The Labute approximate surface area is 95.7 Å². The van der Waals surface area contributed by atoms with E-state index in [1.807, 2.05) is 26.2 Å². The fourth-order valence-corrected chi connectivity index (χ4v) is 2.12. The highest BCUT2D eigenvalue weighted by Crippen LogP contribution is 2.47. The van der Waals surface area contributed by atoms with Gasteiger partial charge in [0.15, 0.2) is 0 Å². The second-order valence-electron chi connectivity index (χ2n) is 4.77. The fourth-order valence-electron chi connectivity index (χ4n) is 2.12. The average Bonchev–Trinajstić information content (AvgIpc) is 2.96. The van der Waals surface area contributed by atoms with Gasteiger partial charge in [0.2, 0.25) is 0 Å². The standard InChI is InChI=1S/C13H17NO2/c1-14(2)8-9-4-3-5-10(6-9)11-7-12(11)13(15)16/h3-6,11-12H,7-8H2,1-2H3,(H,15,16). The lowest BCUT2D eigenvalue weighted by Gasteiger charge is -2.10. The van der Waals surface area contributed by atoms with Crippen LogP contribution in [0, 0.1) is 5.92 Å². The zero-order valence-electron chi connectivity index (χ0n) is 9.68. The van der Waals surface area contributed by atoms with Gasteiger partial charge in [0.25, 0.3) is 0 Å². The van der Waals surface area contributed by atoms with Gasteiger partial charge in [-0.15, -0.1) is 0 Å². The molecule has 3 heteroatoms. The van der Waals surface area contributed by atoms with Gasteiger partial charge in [-0.3, -0.25) is 4.79 Å². The summed E-state index contributed by atoms with van der Waals surface area (Å²) >= 11 is 0. The van der Waals surface area contributed by atoms with Crippen LogP contribution in [0.2, 0.25) is 0 Å². The van der Waals surface area contributed by atoms with Crippen molar-refractivity contribution in [3.05, 3.63) is 35.4 Å². The van der Waals surface area contributed by atoms with E-state index >= 15 is 0 Å². The Kier molecular flexibility index (Phi) is 2.97. The Balaban J connectivity index is 2.09. The molecule has 0 heterocycles. The molecule has 2 rings (SSSR count). The van der Waals surface area contributed by atoms with Crippen LogP contribution in [-0.4, -0.2) is 30.1 Å². The van der Waals surface area contributed by atoms with Crippen LogP contribution in [0.5, 0.6) is 0 Å². The van der Waals surface area contributed by atoms with Crippen LogP contribution in [0.15, 0.2) is 24.3 Å². The maximum atomic E-state index is 10.8. The molecule has 1 aromatic rings. The minimum atomic E-state index is -0.664. The molecule has 1 aliphatic rings. The van der Waals surface area contributed by atoms with E-state index in [0.717, 1.165) is 13.0 Å². The fraction of sp³-hybridized carbons (Fsp3) is 0.462. The van der Waals surface area contributed by atoms with Gasteiger partial charge < -0.3 is 10.0 Å². The first-order valence-electron chi connectivity index (χ1n) is 5.54. The average molecular weight is 219 g/mol. The summed E-state index contributed by atoms with van der Waals surface area (Å²) in [6.45, 7) is 0.901. The third kappa shape index (κ3) is 2.42. The number of aliphatic carboxylic acids is 1. The van der Waals surface area contributed by atoms with Crippen LogP contribution in [0.25, 0.3) is 0 Å². The van der Waals surface area contributed by atoms with Crippen molar-refractivity contribution >= 4 is 5.97 Å². The number of nitrogens with zero attached hydrogens (tertiary/aromatic N) is 1. The van der Waals surface area contributed by atoms with E-state index in [1.165, 1.54) is 11.1 Å². The largest absolute Gasteiger partial charge is 0.481 e. The van der Waals surface area contributed by atoms with Gasteiger partial charge in [0.05, 0.1) is 5.92 Å². The Morgan fingerprint density at radius 1 is 1.50 bits per heavy atom. The smallest absolute Gasteiger partial charge is 0.307 e. The van der Waals surface area contributed by atoms with E-state index in [0.29, 0.717) is 0 Å². The van der Waals surface area contributed by atoms with E-state index in [2.05, 4.69) is 17.0 Å². The van der Waals surface area contributed by atoms with Gasteiger partial charge in [0, 0.05) is 6.54 Å². The SMILES string of the molecule is CN(C)Cc1cccc(C2CC2C(=O)O)c1. The Bertz CT molecular complexity index is 401. The minimum absolute atomic E-state index is 0.158. The van der Waals surface area contributed by atoms with Crippen LogP contribution >= 0.6 is 0 Å². The molecule has 1 N–H and O–H groups in total. The Morgan fingerprint density at radius 3 is 2.81 bits per heavy atom. The van der Waals surface area contributed by atoms with Crippen molar-refractivity contribution in [3.8, 4) is 0 Å². The first kappa shape index (κ1) is 11.1. The van der Waals surface area contributed by atoms with Crippen molar-refractivity contribution in [2.75, 3.05) is 14.1 Å². The normalized spacial score (nSPS) is 23.4. The summed E-state index contributed by atoms with van der Waals surface area (Å²) in [5.41, 5.74) is 2.42. The topological polar surface area (TPSA) is 40.5 Å². The van der Waals surface area contributed by atoms with Gasteiger partial charge in [-0.1, -0.05) is 24.3 Å². The molecule has 0 aliphatic heterocycles. The van der Waals surface area contributed by atoms with E-state index in [4.69, 9.17) is 5.11 Å². The number of carboxylic acid groups (broad SMARTS) is 1. The van der Waals surface area contributed by atoms with Crippen molar-refractivity contribution in [1.29, 1.82) is 0 Å². The van der Waals surface area contributed by atoms with E-state index < -0.39 is 5.97 Å². The molecule has 0 amide bonds. The molecule has 1 fully saturated rings. The lowest BCUT2D eigenvalue weighted by atomic mass is 10.1. The van der Waals surface area contributed by atoms with Crippen molar-refractivity contribution < 1.29 is 9.90 Å².